The first kappa shape index (κ1) is 10.2. The molecule has 0 unspecified atom stereocenters. The van der Waals surface area contributed by atoms with E-state index in [4.69, 9.17) is 9.52 Å². The summed E-state index contributed by atoms with van der Waals surface area (Å²) in [5.41, 5.74) is -0.172. The minimum absolute atomic E-state index is 0.308. The highest BCUT2D eigenvalue weighted by Crippen LogP contribution is 1.73. The van der Waals surface area contributed by atoms with E-state index in [9.17, 15) is 9.59 Å². The van der Waals surface area contributed by atoms with Gasteiger partial charge in [0, 0.05) is 17.4 Å². The van der Waals surface area contributed by atoms with Gasteiger partial charge in [-0.15, -0.1) is 0 Å². The first-order valence-corrected chi connectivity index (χ1v) is 4.18. The van der Waals surface area contributed by atoms with E-state index in [1.807, 2.05) is 6.92 Å². The summed E-state index contributed by atoms with van der Waals surface area (Å²) in [7, 11) is 0. The standard InChI is InChI=1S/C10H10O4/c1-2-3-8-7(6-9(11)12)4-5-10(13)14-8/h3-6H,2H2,1H3,(H,11,12)/b7-6-,8-3+. The van der Waals surface area contributed by atoms with Crippen molar-refractivity contribution in [1.29, 1.82) is 0 Å². The van der Waals surface area contributed by atoms with Crippen molar-refractivity contribution in [2.24, 2.45) is 0 Å². The molecular weight excluding hydrogens is 184 g/mol. The molecule has 0 aliphatic carbocycles. The van der Waals surface area contributed by atoms with Crippen LogP contribution in [0.25, 0.3) is 12.2 Å². The van der Waals surface area contributed by atoms with E-state index in [1.54, 1.807) is 6.08 Å². The maximum atomic E-state index is 10.9. The number of rotatable bonds is 2. The van der Waals surface area contributed by atoms with Gasteiger partial charge in [0.2, 0.25) is 0 Å². The van der Waals surface area contributed by atoms with Crippen molar-refractivity contribution in [2.45, 2.75) is 13.3 Å². The summed E-state index contributed by atoms with van der Waals surface area (Å²) in [5.74, 6) is -1.07. The van der Waals surface area contributed by atoms with Crippen LogP contribution in [0.5, 0.6) is 0 Å². The second-order valence-corrected chi connectivity index (χ2v) is 2.67. The third-order valence-electron chi connectivity index (χ3n) is 1.56. The average Bonchev–Trinajstić information content (AvgIpc) is 2.09. The monoisotopic (exact) mass is 194 g/mol. The lowest BCUT2D eigenvalue weighted by Crippen LogP contribution is -2.29. The number of carboxylic acids is 1. The zero-order chi connectivity index (χ0) is 10.6. The molecule has 0 atom stereocenters. The first-order chi connectivity index (χ1) is 6.63. The predicted molar refractivity (Wildman–Crippen MR) is 51.1 cm³/mol. The Balaban J connectivity index is 3.52. The van der Waals surface area contributed by atoms with E-state index in [0.717, 1.165) is 6.08 Å². The van der Waals surface area contributed by atoms with Crippen molar-refractivity contribution >= 4 is 18.1 Å². The molecule has 4 nitrogen and oxygen atoms in total. The normalized spacial score (nSPS) is 13.2. The van der Waals surface area contributed by atoms with Crippen LogP contribution in [0.1, 0.15) is 13.3 Å². The molecule has 74 valence electrons. The van der Waals surface area contributed by atoms with Crippen LogP contribution in [0.2, 0.25) is 0 Å². The molecule has 1 rings (SSSR count). The molecule has 0 amide bonds. The van der Waals surface area contributed by atoms with E-state index in [-0.39, 0.29) is 0 Å². The van der Waals surface area contributed by atoms with Crippen LogP contribution in [-0.4, -0.2) is 11.1 Å². The molecule has 14 heavy (non-hydrogen) atoms. The fourth-order valence-electron chi connectivity index (χ4n) is 1.04. The highest BCUT2D eigenvalue weighted by atomic mass is 16.4. The number of hydrogen-bond acceptors (Lipinski definition) is 3. The summed E-state index contributed by atoms with van der Waals surface area (Å²) < 4.78 is 4.84. The van der Waals surface area contributed by atoms with Gasteiger partial charge >= 0.3 is 11.6 Å². The fourth-order valence-corrected chi connectivity index (χ4v) is 1.04. The van der Waals surface area contributed by atoms with Gasteiger partial charge < -0.3 is 9.52 Å². The molecule has 0 saturated heterocycles. The van der Waals surface area contributed by atoms with Crippen LogP contribution in [0.15, 0.2) is 21.3 Å². The molecule has 1 aromatic heterocycles. The molecule has 4 heteroatoms. The van der Waals surface area contributed by atoms with E-state index in [1.165, 1.54) is 12.1 Å². The van der Waals surface area contributed by atoms with Gasteiger partial charge in [-0.2, -0.15) is 0 Å². The number of aliphatic carboxylic acids is 1. The van der Waals surface area contributed by atoms with Crippen LogP contribution in [-0.2, 0) is 4.79 Å². The predicted octanol–water partition coefficient (Wildman–Crippen LogP) is -0.305. The van der Waals surface area contributed by atoms with Gasteiger partial charge in [0.1, 0.15) is 5.42 Å². The Kier molecular flexibility index (Phi) is 3.23. The van der Waals surface area contributed by atoms with Crippen LogP contribution >= 0.6 is 0 Å². The van der Waals surface area contributed by atoms with E-state index in [0.29, 0.717) is 17.1 Å². The van der Waals surface area contributed by atoms with E-state index < -0.39 is 11.6 Å². The van der Waals surface area contributed by atoms with Gasteiger partial charge in [0.05, 0.1) is 0 Å². The van der Waals surface area contributed by atoms with Gasteiger partial charge in [-0.3, -0.25) is 0 Å². The van der Waals surface area contributed by atoms with Crippen molar-refractivity contribution in [3.63, 3.8) is 0 Å². The highest BCUT2D eigenvalue weighted by Gasteiger charge is 1.93. The number of carboxylic acid groups (broad SMARTS) is 1. The molecule has 0 saturated carbocycles. The second-order valence-electron chi connectivity index (χ2n) is 2.67. The van der Waals surface area contributed by atoms with Crippen molar-refractivity contribution in [2.75, 3.05) is 0 Å². The maximum absolute atomic E-state index is 10.9. The Morgan fingerprint density at radius 2 is 2.29 bits per heavy atom. The van der Waals surface area contributed by atoms with Gasteiger partial charge in [0.25, 0.3) is 0 Å². The fraction of sp³-hybridized carbons (Fsp3) is 0.200. The lowest BCUT2D eigenvalue weighted by atomic mass is 10.3. The Bertz CT molecular complexity index is 496. The zero-order valence-electron chi connectivity index (χ0n) is 7.69. The molecule has 0 spiro atoms. The van der Waals surface area contributed by atoms with Crippen molar-refractivity contribution < 1.29 is 14.3 Å². The summed E-state index contributed by atoms with van der Waals surface area (Å²) in [5, 5.41) is 8.94. The first-order valence-electron chi connectivity index (χ1n) is 4.18. The molecule has 0 bridgehead atoms. The lowest BCUT2D eigenvalue weighted by molar-refractivity contribution is -0.129. The Morgan fingerprint density at radius 1 is 1.57 bits per heavy atom. The molecule has 0 radical (unpaired) electrons. The van der Waals surface area contributed by atoms with Crippen molar-refractivity contribution in [3.05, 3.63) is 33.2 Å². The quantitative estimate of drug-likeness (QED) is 0.701. The third-order valence-corrected chi connectivity index (χ3v) is 1.56. The molecule has 0 aliphatic rings. The van der Waals surface area contributed by atoms with Crippen LogP contribution in [0.3, 0.4) is 0 Å². The molecular formula is C10H10O4. The Morgan fingerprint density at radius 3 is 2.86 bits per heavy atom. The molecule has 1 aromatic rings. The van der Waals surface area contributed by atoms with E-state index in [2.05, 4.69) is 0 Å². The smallest absolute Gasteiger partial charge is 0.336 e. The molecule has 0 aromatic carbocycles. The highest BCUT2D eigenvalue weighted by molar-refractivity contribution is 5.98. The van der Waals surface area contributed by atoms with E-state index >= 15 is 0 Å². The summed E-state index contributed by atoms with van der Waals surface area (Å²) >= 11 is 0. The van der Waals surface area contributed by atoms with Crippen molar-refractivity contribution in [1.82, 2.24) is 0 Å². The third kappa shape index (κ3) is 2.58. The minimum Gasteiger partial charge on any atom is -0.478 e. The topological polar surface area (TPSA) is 67.5 Å². The summed E-state index contributed by atoms with van der Waals surface area (Å²) in [4.78, 5) is 21.3. The molecule has 0 aliphatic heterocycles. The van der Waals surface area contributed by atoms with Gasteiger partial charge in [0.15, 0.2) is 0 Å². The SMILES string of the molecule is CC/C=c1/oc(=O)cc/c1=C/C(=O)O. The zero-order valence-corrected chi connectivity index (χ0v) is 7.69. The maximum Gasteiger partial charge on any atom is 0.336 e. The van der Waals surface area contributed by atoms with Gasteiger partial charge in [-0.25, -0.2) is 9.59 Å². The number of hydrogen-bond donors (Lipinski definition) is 1. The van der Waals surface area contributed by atoms with Crippen LogP contribution in [0.4, 0.5) is 0 Å². The molecule has 1 heterocycles. The second kappa shape index (κ2) is 4.41. The summed E-state index contributed by atoms with van der Waals surface area (Å²) in [6.45, 7) is 1.87. The van der Waals surface area contributed by atoms with Gasteiger partial charge in [-0.05, 0) is 18.6 Å². The minimum atomic E-state index is -1.07. The molecule has 0 fully saturated rings. The molecule has 1 N–H and O–H groups in total. The van der Waals surface area contributed by atoms with Gasteiger partial charge in [-0.1, -0.05) is 6.92 Å². The largest absolute Gasteiger partial charge is 0.478 e. The lowest BCUT2D eigenvalue weighted by Gasteiger charge is -1.87. The average molecular weight is 194 g/mol. The Labute approximate surface area is 79.8 Å². The Hall–Kier alpha value is -1.84. The summed E-state index contributed by atoms with van der Waals surface area (Å²) in [6.07, 6.45) is 3.34. The van der Waals surface area contributed by atoms with Crippen molar-refractivity contribution in [3.8, 4) is 0 Å². The summed E-state index contributed by atoms with van der Waals surface area (Å²) in [6, 6.07) is 2.63. The van der Waals surface area contributed by atoms with Crippen LogP contribution < -0.4 is 16.3 Å². The van der Waals surface area contributed by atoms with Crippen LogP contribution in [0, 0.1) is 0 Å². The number of carbonyl (C=O) groups is 1.